The Morgan fingerprint density at radius 3 is 2.32 bits per heavy atom. The van der Waals surface area contributed by atoms with Crippen LogP contribution in [-0.4, -0.2) is 18.9 Å². The number of esters is 1. The first-order valence-corrected chi connectivity index (χ1v) is 7.24. The number of hydrogen-bond donors (Lipinski definition) is 0. The number of rotatable bonds is 4. The lowest BCUT2D eigenvalue weighted by atomic mass is 9.80. The molecule has 1 fully saturated rings. The molecule has 0 saturated heterocycles. The molecule has 0 aromatic heterocycles. The van der Waals surface area contributed by atoms with Crippen molar-refractivity contribution in [2.75, 3.05) is 7.11 Å². The van der Waals surface area contributed by atoms with Gasteiger partial charge in [0.2, 0.25) is 0 Å². The van der Waals surface area contributed by atoms with Gasteiger partial charge in [-0.05, 0) is 25.0 Å². The molecule has 1 aromatic carbocycles. The van der Waals surface area contributed by atoms with E-state index in [-0.39, 0.29) is 18.2 Å². The zero-order valence-corrected chi connectivity index (χ0v) is 12.5. The number of carbonyl (C=O) groups excluding carboxylic acids is 2. The van der Waals surface area contributed by atoms with Gasteiger partial charge in [0.15, 0.2) is 5.78 Å². The summed E-state index contributed by atoms with van der Waals surface area (Å²) in [5.41, 5.74) is 0.0530. The minimum Gasteiger partial charge on any atom is -0.469 e. The van der Waals surface area contributed by atoms with Crippen LogP contribution in [0.5, 0.6) is 0 Å². The van der Waals surface area contributed by atoms with E-state index in [1.807, 2.05) is 12.1 Å². The molecule has 0 amide bonds. The van der Waals surface area contributed by atoms with Crippen molar-refractivity contribution in [1.82, 2.24) is 0 Å². The third kappa shape index (κ3) is 3.06. The van der Waals surface area contributed by atoms with Crippen LogP contribution in [0.3, 0.4) is 0 Å². The molecule has 0 spiro atoms. The lowest BCUT2D eigenvalue weighted by Gasteiger charge is -2.24. The van der Waals surface area contributed by atoms with Crippen LogP contribution in [0.1, 0.15) is 42.5 Å². The first-order chi connectivity index (χ1) is 9.07. The molecule has 4 heteroatoms. The second-order valence-corrected chi connectivity index (χ2v) is 6.00. The summed E-state index contributed by atoms with van der Waals surface area (Å²) in [6, 6.07) is 7.25. The average molecular weight is 325 g/mol. The fourth-order valence-corrected chi connectivity index (χ4v) is 3.03. The number of ether oxygens (including phenoxy) is 1. The van der Waals surface area contributed by atoms with Gasteiger partial charge in [0.25, 0.3) is 0 Å². The van der Waals surface area contributed by atoms with Crippen LogP contribution in [0.25, 0.3) is 0 Å². The fraction of sp³-hybridized carbons (Fsp3) is 0.467. The summed E-state index contributed by atoms with van der Waals surface area (Å²) in [5.74, 6) is -0.227. The summed E-state index contributed by atoms with van der Waals surface area (Å²) >= 11 is 3.34. The molecule has 0 unspecified atom stereocenters. The van der Waals surface area contributed by atoms with E-state index >= 15 is 0 Å². The highest BCUT2D eigenvalue weighted by atomic mass is 79.9. The lowest BCUT2D eigenvalue weighted by Crippen LogP contribution is -2.32. The van der Waals surface area contributed by atoms with Crippen LogP contribution in [0.15, 0.2) is 28.7 Å². The second-order valence-electron chi connectivity index (χ2n) is 5.09. The number of benzene rings is 1. The van der Waals surface area contributed by atoms with Gasteiger partial charge in [-0.1, -0.05) is 40.9 Å². The number of carbonyl (C=O) groups is 2. The number of halogens is 1. The van der Waals surface area contributed by atoms with E-state index < -0.39 is 5.41 Å². The first kappa shape index (κ1) is 14.3. The van der Waals surface area contributed by atoms with Crippen molar-refractivity contribution in [3.05, 3.63) is 34.3 Å². The van der Waals surface area contributed by atoms with Gasteiger partial charge in [0, 0.05) is 16.5 Å². The molecule has 0 bridgehead atoms. The predicted octanol–water partition coefficient (Wildman–Crippen LogP) is 3.76. The third-order valence-electron chi connectivity index (χ3n) is 3.84. The molecule has 1 aromatic rings. The SMILES string of the molecule is COC(=O)C1(CC(=O)c2ccc(Br)cc2)CCCC1. The molecule has 0 radical (unpaired) electrons. The van der Waals surface area contributed by atoms with Crippen LogP contribution >= 0.6 is 15.9 Å². The molecule has 1 saturated carbocycles. The van der Waals surface area contributed by atoms with E-state index in [0.29, 0.717) is 5.56 Å². The highest BCUT2D eigenvalue weighted by molar-refractivity contribution is 9.10. The van der Waals surface area contributed by atoms with Gasteiger partial charge >= 0.3 is 5.97 Å². The van der Waals surface area contributed by atoms with Gasteiger partial charge in [0.05, 0.1) is 12.5 Å². The van der Waals surface area contributed by atoms with Crippen LogP contribution in [0.2, 0.25) is 0 Å². The molecule has 102 valence electrons. The van der Waals surface area contributed by atoms with Gasteiger partial charge in [-0.25, -0.2) is 0 Å². The van der Waals surface area contributed by atoms with Crippen molar-refractivity contribution in [2.45, 2.75) is 32.1 Å². The monoisotopic (exact) mass is 324 g/mol. The van der Waals surface area contributed by atoms with Gasteiger partial charge < -0.3 is 4.74 Å². The molecule has 1 aliphatic carbocycles. The molecule has 2 rings (SSSR count). The highest BCUT2D eigenvalue weighted by Gasteiger charge is 2.43. The molecule has 3 nitrogen and oxygen atoms in total. The zero-order valence-electron chi connectivity index (χ0n) is 10.9. The Balaban J connectivity index is 2.16. The maximum atomic E-state index is 12.3. The summed E-state index contributed by atoms with van der Waals surface area (Å²) in [5, 5.41) is 0. The van der Waals surface area contributed by atoms with Crippen molar-refractivity contribution in [1.29, 1.82) is 0 Å². The van der Waals surface area contributed by atoms with E-state index in [1.54, 1.807) is 12.1 Å². The Morgan fingerprint density at radius 1 is 1.21 bits per heavy atom. The third-order valence-corrected chi connectivity index (χ3v) is 4.37. The van der Waals surface area contributed by atoms with Crippen LogP contribution in [0.4, 0.5) is 0 Å². The molecule has 0 N–H and O–H groups in total. The molecule has 1 aliphatic rings. The van der Waals surface area contributed by atoms with E-state index in [0.717, 1.165) is 30.2 Å². The van der Waals surface area contributed by atoms with Crippen molar-refractivity contribution < 1.29 is 14.3 Å². The minimum atomic E-state index is -0.598. The van der Waals surface area contributed by atoms with Crippen LogP contribution in [-0.2, 0) is 9.53 Å². The van der Waals surface area contributed by atoms with Crippen LogP contribution < -0.4 is 0 Å². The van der Waals surface area contributed by atoms with E-state index in [9.17, 15) is 9.59 Å². The quantitative estimate of drug-likeness (QED) is 0.625. The molecular formula is C15H17BrO3. The normalized spacial score (nSPS) is 17.2. The Morgan fingerprint density at radius 2 is 1.79 bits per heavy atom. The number of hydrogen-bond acceptors (Lipinski definition) is 3. The van der Waals surface area contributed by atoms with E-state index in [2.05, 4.69) is 15.9 Å². The lowest BCUT2D eigenvalue weighted by molar-refractivity contribution is -0.152. The smallest absolute Gasteiger partial charge is 0.312 e. The Hall–Kier alpha value is -1.16. The Bertz CT molecular complexity index is 473. The summed E-state index contributed by atoms with van der Waals surface area (Å²) in [4.78, 5) is 24.3. The second kappa shape index (κ2) is 5.87. The van der Waals surface area contributed by atoms with E-state index in [1.165, 1.54) is 7.11 Å². The predicted molar refractivity (Wildman–Crippen MR) is 76.0 cm³/mol. The maximum absolute atomic E-state index is 12.3. The molecular weight excluding hydrogens is 308 g/mol. The largest absolute Gasteiger partial charge is 0.469 e. The Kier molecular flexibility index (Phi) is 4.40. The highest BCUT2D eigenvalue weighted by Crippen LogP contribution is 2.42. The van der Waals surface area contributed by atoms with Gasteiger partial charge in [-0.15, -0.1) is 0 Å². The minimum absolute atomic E-state index is 0.0137. The standard InChI is InChI=1S/C15H17BrO3/c1-19-14(18)15(8-2-3-9-15)10-13(17)11-4-6-12(16)7-5-11/h4-7H,2-3,8-10H2,1H3. The van der Waals surface area contributed by atoms with Crippen molar-refractivity contribution in [3.8, 4) is 0 Å². The summed E-state index contributed by atoms with van der Waals surface area (Å²) < 4.78 is 5.83. The van der Waals surface area contributed by atoms with Gasteiger partial charge in [0.1, 0.15) is 0 Å². The molecule has 19 heavy (non-hydrogen) atoms. The number of methoxy groups -OCH3 is 1. The topological polar surface area (TPSA) is 43.4 Å². The Labute approximate surface area is 121 Å². The maximum Gasteiger partial charge on any atom is 0.312 e. The number of ketones is 1. The zero-order chi connectivity index (χ0) is 13.9. The molecule has 0 atom stereocenters. The molecule has 0 aliphatic heterocycles. The summed E-state index contributed by atoms with van der Waals surface area (Å²) in [6.07, 6.45) is 3.73. The summed E-state index contributed by atoms with van der Waals surface area (Å²) in [6.45, 7) is 0. The van der Waals surface area contributed by atoms with Crippen molar-refractivity contribution in [3.63, 3.8) is 0 Å². The van der Waals surface area contributed by atoms with Crippen molar-refractivity contribution >= 4 is 27.7 Å². The van der Waals surface area contributed by atoms with Crippen molar-refractivity contribution in [2.24, 2.45) is 5.41 Å². The average Bonchev–Trinajstić information content (AvgIpc) is 2.88. The summed E-state index contributed by atoms with van der Waals surface area (Å²) in [7, 11) is 1.40. The van der Waals surface area contributed by atoms with Gasteiger partial charge in [-0.2, -0.15) is 0 Å². The number of Topliss-reactive ketones (excluding diaryl/α,β-unsaturated/α-hetero) is 1. The molecule has 0 heterocycles. The van der Waals surface area contributed by atoms with Crippen LogP contribution in [0, 0.1) is 5.41 Å². The fourth-order valence-electron chi connectivity index (χ4n) is 2.77. The van der Waals surface area contributed by atoms with E-state index in [4.69, 9.17) is 4.74 Å². The first-order valence-electron chi connectivity index (χ1n) is 6.45. The van der Waals surface area contributed by atoms with Gasteiger partial charge in [-0.3, -0.25) is 9.59 Å².